The fraction of sp³-hybridized carbons (Fsp3) is 0.387. The number of sulfonamides is 1. The third-order valence-corrected chi connectivity index (χ3v) is 9.07. The highest BCUT2D eigenvalue weighted by Crippen LogP contribution is 2.28. The van der Waals surface area contributed by atoms with Gasteiger partial charge in [-0.2, -0.15) is 0 Å². The molecule has 0 saturated carbocycles. The Morgan fingerprint density at radius 1 is 1.10 bits per heavy atom. The molecule has 1 saturated heterocycles. The van der Waals surface area contributed by atoms with Crippen LogP contribution in [0.5, 0.6) is 5.75 Å². The van der Waals surface area contributed by atoms with E-state index in [4.69, 9.17) is 4.74 Å². The summed E-state index contributed by atoms with van der Waals surface area (Å²) in [5.41, 5.74) is 2.65. The van der Waals surface area contributed by atoms with E-state index in [-0.39, 0.29) is 30.2 Å². The lowest BCUT2D eigenvalue weighted by Crippen LogP contribution is -2.48. The minimum absolute atomic E-state index is 0.0674. The second-order valence-electron chi connectivity index (χ2n) is 10.3. The summed E-state index contributed by atoms with van der Waals surface area (Å²) in [6, 6.07) is 18.2. The molecule has 1 heterocycles. The Bertz CT molecular complexity index is 1450. The van der Waals surface area contributed by atoms with E-state index in [0.717, 1.165) is 12.0 Å². The molecule has 2 atom stereocenters. The molecule has 4 rings (SSSR count). The predicted molar refractivity (Wildman–Crippen MR) is 163 cm³/mol. The van der Waals surface area contributed by atoms with Crippen molar-refractivity contribution in [2.75, 3.05) is 42.1 Å². The first kappa shape index (κ1) is 31.3. The van der Waals surface area contributed by atoms with Crippen molar-refractivity contribution in [3.63, 3.8) is 0 Å². The molecular formula is C31H39FN4O5S. The number of benzene rings is 3. The average Bonchev–Trinajstić information content (AvgIpc) is 2.98. The second kappa shape index (κ2) is 14.5. The van der Waals surface area contributed by atoms with Gasteiger partial charge >= 0.3 is 0 Å². The standard InChI is InChI=1S/C31H39FN4O5S/c1-3-34-25-16-23(17-26(19-25)36-13-7-8-14-42(36,39)40)31(38)35-29(15-22-9-5-4-6-10-22)30(37)21-33-20-24-18-27(41-2)11-12-28(24)32/h4-6,9-12,16-19,29-30,33-34,37H,3,7-8,13-15,20-21H2,1-2H3,(H,35,38)/t29-,30+/m0/s1. The maximum Gasteiger partial charge on any atom is 0.251 e. The van der Waals surface area contributed by atoms with Crippen LogP contribution >= 0.6 is 0 Å². The summed E-state index contributed by atoms with van der Waals surface area (Å²) in [4.78, 5) is 13.6. The first-order chi connectivity index (χ1) is 20.2. The van der Waals surface area contributed by atoms with E-state index >= 15 is 0 Å². The van der Waals surface area contributed by atoms with Crippen LogP contribution in [0.1, 0.15) is 41.3 Å². The van der Waals surface area contributed by atoms with E-state index in [0.29, 0.717) is 48.6 Å². The molecular weight excluding hydrogens is 559 g/mol. The SMILES string of the molecule is CCNc1cc(C(=O)N[C@@H](Cc2ccccc2)[C@H](O)CNCc2cc(OC)ccc2F)cc(N2CCCCS2(=O)=O)c1. The van der Waals surface area contributed by atoms with E-state index in [9.17, 15) is 22.7 Å². The van der Waals surface area contributed by atoms with Crippen molar-refractivity contribution in [1.29, 1.82) is 0 Å². The maximum atomic E-state index is 14.3. The van der Waals surface area contributed by atoms with Crippen molar-refractivity contribution in [2.24, 2.45) is 0 Å². The molecule has 0 aromatic heterocycles. The molecule has 11 heteroatoms. The summed E-state index contributed by atoms with van der Waals surface area (Å²) in [6.45, 7) is 3.11. The third kappa shape index (κ3) is 8.21. The van der Waals surface area contributed by atoms with Crippen molar-refractivity contribution in [3.05, 3.63) is 89.2 Å². The number of nitrogens with one attached hydrogen (secondary N) is 3. The topological polar surface area (TPSA) is 120 Å². The molecule has 3 aromatic carbocycles. The molecule has 226 valence electrons. The van der Waals surface area contributed by atoms with E-state index in [1.54, 1.807) is 24.3 Å². The van der Waals surface area contributed by atoms with Gasteiger partial charge < -0.3 is 25.8 Å². The number of halogens is 1. The first-order valence-electron chi connectivity index (χ1n) is 14.2. The molecule has 1 amide bonds. The Morgan fingerprint density at radius 2 is 1.88 bits per heavy atom. The number of ether oxygens (including phenoxy) is 1. The number of aliphatic hydroxyl groups excluding tert-OH is 1. The number of carbonyl (C=O) groups is 1. The molecule has 1 aliphatic heterocycles. The zero-order chi connectivity index (χ0) is 30.1. The number of aliphatic hydroxyl groups is 1. The Hall–Kier alpha value is -3.67. The Balaban J connectivity index is 1.53. The molecule has 3 aromatic rings. The summed E-state index contributed by atoms with van der Waals surface area (Å²) < 4.78 is 46.4. The van der Waals surface area contributed by atoms with Crippen LogP contribution in [0.15, 0.2) is 66.7 Å². The number of nitrogens with zero attached hydrogens (tertiary/aromatic N) is 1. The molecule has 0 spiro atoms. The van der Waals surface area contributed by atoms with Crippen molar-refractivity contribution in [2.45, 2.75) is 44.9 Å². The monoisotopic (exact) mass is 598 g/mol. The van der Waals surface area contributed by atoms with Gasteiger partial charge in [0.15, 0.2) is 0 Å². The summed E-state index contributed by atoms with van der Waals surface area (Å²) in [5, 5.41) is 20.4. The summed E-state index contributed by atoms with van der Waals surface area (Å²) >= 11 is 0. The van der Waals surface area contributed by atoms with Gasteiger partial charge in [0.05, 0.1) is 30.7 Å². The van der Waals surface area contributed by atoms with E-state index in [1.807, 2.05) is 37.3 Å². The molecule has 0 unspecified atom stereocenters. The molecule has 0 bridgehead atoms. The third-order valence-electron chi connectivity index (χ3n) is 7.20. The number of carbonyl (C=O) groups excluding carboxylic acids is 1. The first-order valence-corrected chi connectivity index (χ1v) is 15.8. The van der Waals surface area contributed by atoms with Gasteiger partial charge in [0.1, 0.15) is 11.6 Å². The zero-order valence-corrected chi connectivity index (χ0v) is 24.8. The van der Waals surface area contributed by atoms with Gasteiger partial charge in [-0.1, -0.05) is 30.3 Å². The highest BCUT2D eigenvalue weighted by Gasteiger charge is 2.28. The lowest BCUT2D eigenvalue weighted by atomic mass is 10.00. The minimum atomic E-state index is -3.48. The summed E-state index contributed by atoms with van der Waals surface area (Å²) in [7, 11) is -1.97. The number of hydrogen-bond donors (Lipinski definition) is 4. The quantitative estimate of drug-likeness (QED) is 0.237. The predicted octanol–water partition coefficient (Wildman–Crippen LogP) is 3.69. The van der Waals surface area contributed by atoms with Gasteiger partial charge in [0.2, 0.25) is 10.0 Å². The Morgan fingerprint density at radius 3 is 2.60 bits per heavy atom. The van der Waals surface area contributed by atoms with Gasteiger partial charge in [-0.25, -0.2) is 12.8 Å². The Labute approximate surface area is 247 Å². The van der Waals surface area contributed by atoms with E-state index in [2.05, 4.69) is 16.0 Å². The molecule has 0 radical (unpaired) electrons. The summed E-state index contributed by atoms with van der Waals surface area (Å²) in [6.07, 6.45) is 0.686. The van der Waals surface area contributed by atoms with Gasteiger partial charge in [-0.15, -0.1) is 0 Å². The highest BCUT2D eigenvalue weighted by atomic mass is 32.2. The molecule has 0 aliphatic carbocycles. The zero-order valence-electron chi connectivity index (χ0n) is 24.0. The van der Waals surface area contributed by atoms with Crippen molar-refractivity contribution in [1.82, 2.24) is 10.6 Å². The van der Waals surface area contributed by atoms with Crippen LogP contribution in [0.25, 0.3) is 0 Å². The number of anilines is 2. The smallest absolute Gasteiger partial charge is 0.251 e. The van der Waals surface area contributed by atoms with Crippen molar-refractivity contribution >= 4 is 27.3 Å². The van der Waals surface area contributed by atoms with Gasteiger partial charge in [0, 0.05) is 43.0 Å². The van der Waals surface area contributed by atoms with E-state index < -0.39 is 28.1 Å². The van der Waals surface area contributed by atoms with Crippen LogP contribution in [-0.4, -0.2) is 64.1 Å². The number of rotatable bonds is 13. The van der Waals surface area contributed by atoms with Crippen molar-refractivity contribution < 1.29 is 27.4 Å². The van der Waals surface area contributed by atoms with Crippen molar-refractivity contribution in [3.8, 4) is 5.75 Å². The van der Waals surface area contributed by atoms with Crippen LogP contribution in [0, 0.1) is 5.82 Å². The Kier molecular flexibility index (Phi) is 10.8. The van der Waals surface area contributed by atoms with Crippen LogP contribution in [0.4, 0.5) is 15.8 Å². The normalized spacial score (nSPS) is 16.0. The lowest BCUT2D eigenvalue weighted by Gasteiger charge is -2.29. The number of methoxy groups -OCH3 is 1. The minimum Gasteiger partial charge on any atom is -0.497 e. The van der Waals surface area contributed by atoms with Gasteiger partial charge in [-0.3, -0.25) is 9.10 Å². The number of hydrogen-bond acceptors (Lipinski definition) is 7. The largest absolute Gasteiger partial charge is 0.497 e. The van der Waals surface area contributed by atoms with Gasteiger partial charge in [-0.05, 0) is 68.1 Å². The molecule has 42 heavy (non-hydrogen) atoms. The van der Waals surface area contributed by atoms with Crippen LogP contribution < -0.4 is 25.0 Å². The molecule has 9 nitrogen and oxygen atoms in total. The lowest BCUT2D eigenvalue weighted by molar-refractivity contribution is 0.0830. The van der Waals surface area contributed by atoms with Crippen LogP contribution in [0.3, 0.4) is 0 Å². The van der Waals surface area contributed by atoms with Gasteiger partial charge in [0.25, 0.3) is 5.91 Å². The molecule has 1 fully saturated rings. The summed E-state index contributed by atoms with van der Waals surface area (Å²) in [5.74, 6) is -0.236. The van der Waals surface area contributed by atoms with Crippen LogP contribution in [0.2, 0.25) is 0 Å². The number of amides is 1. The molecule has 1 aliphatic rings. The van der Waals surface area contributed by atoms with Crippen LogP contribution in [-0.2, 0) is 23.0 Å². The maximum absolute atomic E-state index is 14.3. The van der Waals surface area contributed by atoms with E-state index in [1.165, 1.54) is 23.5 Å². The average molecular weight is 599 g/mol. The fourth-order valence-corrected chi connectivity index (χ4v) is 6.61. The molecule has 4 N–H and O–H groups in total. The second-order valence-corrected chi connectivity index (χ2v) is 12.3. The highest BCUT2D eigenvalue weighted by molar-refractivity contribution is 7.92. The fourth-order valence-electron chi connectivity index (χ4n) is 4.98.